The first-order chi connectivity index (χ1) is 27.1. The third kappa shape index (κ3) is 11.3. The molecule has 0 bridgehead atoms. The van der Waals surface area contributed by atoms with Crippen LogP contribution in [-0.2, 0) is 34.2 Å². The second kappa shape index (κ2) is 20.8. The van der Waals surface area contributed by atoms with Gasteiger partial charge in [0, 0.05) is 40.9 Å². The summed E-state index contributed by atoms with van der Waals surface area (Å²) in [5.41, 5.74) is 1.15. The van der Waals surface area contributed by atoms with Crippen LogP contribution in [0.3, 0.4) is 0 Å². The summed E-state index contributed by atoms with van der Waals surface area (Å²) in [6.07, 6.45) is 1.90. The fourth-order valence-electron chi connectivity index (χ4n) is 5.59. The van der Waals surface area contributed by atoms with Crippen molar-refractivity contribution in [2.45, 2.75) is 19.4 Å². The summed E-state index contributed by atoms with van der Waals surface area (Å²) in [4.78, 5) is 20.5. The van der Waals surface area contributed by atoms with E-state index in [4.69, 9.17) is 0 Å². The quantitative estimate of drug-likeness (QED) is 0.0418. The van der Waals surface area contributed by atoms with E-state index in [1.54, 1.807) is 43.3 Å². The fourth-order valence-corrected chi connectivity index (χ4v) is 5.95. The zero-order valence-electron chi connectivity index (χ0n) is 31.4. The Balaban J connectivity index is 0.000000313. The van der Waals surface area contributed by atoms with E-state index >= 15 is 0 Å². The molecule has 293 valence electrons. The molecule has 1 atom stereocenters. The maximum Gasteiger partial charge on any atom is 3.00 e. The van der Waals surface area contributed by atoms with Gasteiger partial charge in [-0.3, -0.25) is 20.2 Å². The van der Waals surface area contributed by atoms with Crippen LogP contribution in [0.15, 0.2) is 129 Å². The monoisotopic (exact) mass is 889 g/mol. The summed E-state index contributed by atoms with van der Waals surface area (Å²) in [5, 5.41) is 90.4. The summed E-state index contributed by atoms with van der Waals surface area (Å²) < 4.78 is 38.6. The number of aryl methyl sites for hydroxylation is 1. The first-order valence-electron chi connectivity index (χ1n) is 16.2. The van der Waals surface area contributed by atoms with Crippen LogP contribution in [-0.4, -0.2) is 32.6 Å². The number of hydrogen-bond acceptors (Lipinski definition) is 17. The molecule has 7 rings (SSSR count). The van der Waals surface area contributed by atoms with Crippen molar-refractivity contribution in [3.63, 3.8) is 0 Å². The van der Waals surface area contributed by atoms with Crippen molar-refractivity contribution in [3.05, 3.63) is 146 Å². The van der Waals surface area contributed by atoms with E-state index in [1.807, 2.05) is 18.2 Å². The van der Waals surface area contributed by atoms with Crippen LogP contribution in [0.25, 0.3) is 16.5 Å². The molecule has 6 aromatic rings. The van der Waals surface area contributed by atoms with Gasteiger partial charge in [-0.25, -0.2) is 13.1 Å². The van der Waals surface area contributed by atoms with Crippen molar-refractivity contribution in [3.8, 4) is 28.8 Å². The minimum absolute atomic E-state index is 0. The maximum absolute atomic E-state index is 12.6. The third-order valence-electron chi connectivity index (χ3n) is 8.24. The molecule has 20 nitrogen and oxygen atoms in total. The number of non-ortho nitro benzene ring substituents is 2. The van der Waals surface area contributed by atoms with Crippen molar-refractivity contribution in [2.75, 3.05) is 0 Å². The largest absolute Gasteiger partial charge is 3.00 e. The first kappa shape index (κ1) is 49.1. The number of nitrogens with zero attached hydrogens (tertiary/aromatic N) is 8. The Bertz CT molecular complexity index is 2770. The molecule has 0 fully saturated rings. The van der Waals surface area contributed by atoms with E-state index in [2.05, 4.69) is 29.7 Å². The number of nitro benzene ring substituents is 2. The van der Waals surface area contributed by atoms with Crippen LogP contribution in [0.2, 0.25) is 0 Å². The molecule has 1 aliphatic rings. The molecule has 0 spiro atoms. The van der Waals surface area contributed by atoms with Crippen molar-refractivity contribution in [2.24, 2.45) is 20.5 Å². The van der Waals surface area contributed by atoms with Crippen LogP contribution in [0, 0.1) is 27.2 Å². The second-order valence-corrected chi connectivity index (χ2v) is 12.9. The number of hydrogen-bond donors (Lipinski definition) is 0. The normalized spacial score (nSPS) is 13.2. The minimum atomic E-state index is -5.26. The Morgan fingerprint density at radius 2 is 1.40 bits per heavy atom. The summed E-state index contributed by atoms with van der Waals surface area (Å²) in [7, 11) is -5.26. The Morgan fingerprint density at radius 1 is 0.767 bits per heavy atom. The number of rotatable bonds is 9. The van der Waals surface area contributed by atoms with E-state index in [0.717, 1.165) is 42.0 Å². The van der Waals surface area contributed by atoms with Gasteiger partial charge in [-0.05, 0) is 48.7 Å². The molecule has 1 unspecified atom stereocenters. The Labute approximate surface area is 394 Å². The Hall–Kier alpha value is -5.25. The molecule has 0 N–H and O–H groups in total. The first-order valence-corrected chi connectivity index (χ1v) is 17.6. The molecule has 24 heteroatoms. The van der Waals surface area contributed by atoms with Gasteiger partial charge in [0.25, 0.3) is 21.8 Å². The van der Waals surface area contributed by atoms with Gasteiger partial charge in [0.1, 0.15) is 17.5 Å². The molecular weight excluding hydrogens is 866 g/mol. The fraction of sp³-hybridized carbons (Fsp3) is 0.0833. The summed E-state index contributed by atoms with van der Waals surface area (Å²) in [6, 6.07) is 21.9. The standard InChI is InChI=1S/C20H15N3O8S.C16H13N5O4.Cr.2Na/c24-16-8-5-11-3-1-2-4-13(11)19(16)21-22-20-14-7-6-12(23(26)27)9-15(14)18(10-17(20)25)31-32(28,29)30;1-10-15(16(23)20(19-10)11-5-3-2-4-6-11)18-17-13-9-12(21(24)25)7-8-14(13)22;;;/h1-4,6-10,19,24-25H,5H2,(H,28,29,30);2-9,22-23H,1H3;;;/q;;+3;2*+1/p-5. The van der Waals surface area contributed by atoms with Crippen molar-refractivity contribution in [1.82, 2.24) is 9.78 Å². The van der Waals surface area contributed by atoms with Gasteiger partial charge < -0.3 is 29.2 Å². The predicted octanol–water partition coefficient (Wildman–Crippen LogP) is -1.06. The summed E-state index contributed by atoms with van der Waals surface area (Å²) in [6.45, 7) is 1.58. The second-order valence-electron chi connectivity index (χ2n) is 11.9. The topological polar surface area (TPSA) is 312 Å². The van der Waals surface area contributed by atoms with Gasteiger partial charge in [0.15, 0.2) is 0 Å². The van der Waals surface area contributed by atoms with E-state index < -0.39 is 55.1 Å². The molecule has 1 aliphatic carbocycles. The van der Waals surface area contributed by atoms with E-state index in [9.17, 15) is 53.6 Å². The molecule has 1 heterocycles. The van der Waals surface area contributed by atoms with Crippen LogP contribution < -0.4 is 83.7 Å². The molecule has 0 saturated carbocycles. The van der Waals surface area contributed by atoms with Crippen LogP contribution in [0.1, 0.15) is 22.9 Å². The number of benzene rings is 5. The number of azo groups is 2. The molecule has 1 radical (unpaired) electrons. The SMILES string of the molecule is Cc1nn(-c2ccccc2)c([O-])c1N=Nc1cc([N+](=O)[O-])ccc1[O-].O=[N+]([O-])c1ccc2c(N=NC3C([O-])=CCc4ccccc43)c([O-])cc(OS(=O)(=O)[O-])c2c1.[Cr+3].[Na+].[Na+]. The van der Waals surface area contributed by atoms with E-state index in [0.29, 0.717) is 29.4 Å². The molecule has 5 aromatic carbocycles. The zero-order valence-corrected chi connectivity index (χ0v) is 37.5. The molecule has 0 amide bonds. The van der Waals surface area contributed by atoms with Gasteiger partial charge in [-0.1, -0.05) is 66.1 Å². The molecule has 60 heavy (non-hydrogen) atoms. The van der Waals surface area contributed by atoms with Crippen molar-refractivity contribution in [1.29, 1.82) is 0 Å². The van der Waals surface area contributed by atoms with Gasteiger partial charge in [-0.15, -0.1) is 10.9 Å². The Morgan fingerprint density at radius 3 is 2.07 bits per heavy atom. The number of allylic oxidation sites excluding steroid dienone is 1. The van der Waals surface area contributed by atoms with Crippen LogP contribution in [0.4, 0.5) is 28.4 Å². The molecule has 1 aromatic heterocycles. The summed E-state index contributed by atoms with van der Waals surface area (Å²) >= 11 is 0. The average Bonchev–Trinajstić information content (AvgIpc) is 3.46. The average molecular weight is 890 g/mol. The maximum atomic E-state index is 12.6. The van der Waals surface area contributed by atoms with Gasteiger partial charge >= 0.3 is 76.5 Å². The third-order valence-corrected chi connectivity index (χ3v) is 8.62. The smallest absolute Gasteiger partial charge is 0.874 e. The number of nitro groups is 2. The minimum Gasteiger partial charge on any atom is -0.874 e. The summed E-state index contributed by atoms with van der Waals surface area (Å²) in [5.74, 6) is -2.86. The van der Waals surface area contributed by atoms with Crippen molar-refractivity contribution < 1.29 is 124 Å². The molecule has 0 saturated heterocycles. The van der Waals surface area contributed by atoms with Gasteiger partial charge in [0.2, 0.25) is 0 Å². The molecular formula is C36H23CrN8Na2O12S. The predicted molar refractivity (Wildman–Crippen MR) is 190 cm³/mol. The molecule has 0 aliphatic heterocycles. The van der Waals surface area contributed by atoms with Gasteiger partial charge in [0.05, 0.1) is 32.6 Å². The van der Waals surface area contributed by atoms with Crippen molar-refractivity contribution >= 4 is 49.6 Å². The number of fused-ring (bicyclic) bond motifs is 2. The zero-order chi connectivity index (χ0) is 41.0. The van der Waals surface area contributed by atoms with Crippen LogP contribution in [0.5, 0.6) is 23.1 Å². The number of aromatic nitrogens is 2. The van der Waals surface area contributed by atoms with Gasteiger partial charge in [-0.2, -0.15) is 20.4 Å². The number of para-hydroxylation sites is 1. The van der Waals surface area contributed by atoms with Crippen LogP contribution >= 0.6 is 0 Å². The van der Waals surface area contributed by atoms with E-state index in [1.165, 1.54) is 10.8 Å². The Kier molecular flexibility index (Phi) is 17.0. The van der Waals surface area contributed by atoms with E-state index in [-0.39, 0.29) is 116 Å².